The number of hydrogen-bond acceptors (Lipinski definition) is 7. The molecule has 1 atom stereocenters. The normalized spacial score (nSPS) is 14.9. The van der Waals surface area contributed by atoms with Crippen LogP contribution in [-0.2, 0) is 29.0 Å². The zero-order chi connectivity index (χ0) is 30.5. The van der Waals surface area contributed by atoms with Crippen LogP contribution in [0.1, 0.15) is 42.3 Å². The minimum Gasteiger partial charge on any atom is -0.493 e. The highest BCUT2D eigenvalue weighted by Crippen LogP contribution is 2.37. The molecule has 0 amide bonds. The summed E-state index contributed by atoms with van der Waals surface area (Å²) in [6.45, 7) is 9.51. The van der Waals surface area contributed by atoms with Crippen LogP contribution in [0, 0.1) is 6.92 Å². The molecule has 1 aliphatic heterocycles. The van der Waals surface area contributed by atoms with Gasteiger partial charge in [-0.15, -0.1) is 0 Å². The van der Waals surface area contributed by atoms with Gasteiger partial charge in [0.25, 0.3) is 0 Å². The fourth-order valence-electron chi connectivity index (χ4n) is 6.36. The molecule has 0 radical (unpaired) electrons. The number of aromatic nitrogens is 3. The van der Waals surface area contributed by atoms with Crippen molar-refractivity contribution in [2.45, 2.75) is 46.1 Å². The molecule has 0 bridgehead atoms. The summed E-state index contributed by atoms with van der Waals surface area (Å²) in [6, 6.07) is 20.5. The maximum atomic E-state index is 11.0. The average Bonchev–Trinajstić information content (AvgIpc) is 3.59. The molecule has 0 saturated carbocycles. The van der Waals surface area contributed by atoms with Crippen molar-refractivity contribution in [2.24, 2.45) is 0 Å². The summed E-state index contributed by atoms with van der Waals surface area (Å²) < 4.78 is 19.3. The first-order valence-electron chi connectivity index (χ1n) is 15.6. The number of ether oxygens (including phenoxy) is 3. The highest BCUT2D eigenvalue weighted by atomic mass is 16.6. The van der Waals surface area contributed by atoms with Crippen molar-refractivity contribution in [3.05, 3.63) is 83.3 Å². The molecule has 6 rings (SSSR count). The number of benzene rings is 3. The summed E-state index contributed by atoms with van der Waals surface area (Å²) in [6.07, 6.45) is 0.370. The first-order valence-corrected chi connectivity index (χ1v) is 15.6. The molecule has 1 fully saturated rings. The summed E-state index contributed by atoms with van der Waals surface area (Å²) in [7, 11) is 0. The van der Waals surface area contributed by atoms with Crippen LogP contribution in [0.15, 0.2) is 60.7 Å². The van der Waals surface area contributed by atoms with Crippen molar-refractivity contribution < 1.29 is 24.4 Å². The molecule has 3 N–H and O–H groups in total. The fourth-order valence-corrected chi connectivity index (χ4v) is 6.36. The summed E-state index contributed by atoms with van der Waals surface area (Å²) in [5, 5.41) is 29.7. The number of aryl methyl sites for hydroxylation is 2. The van der Waals surface area contributed by atoms with Gasteiger partial charge in [-0.3, -0.25) is 9.58 Å². The van der Waals surface area contributed by atoms with Crippen LogP contribution in [-0.4, -0.2) is 75.9 Å². The van der Waals surface area contributed by atoms with E-state index in [0.29, 0.717) is 31.9 Å². The number of rotatable bonds is 13. The van der Waals surface area contributed by atoms with E-state index in [0.717, 1.165) is 94.8 Å². The summed E-state index contributed by atoms with van der Waals surface area (Å²) >= 11 is 0. The number of H-pyrrole nitrogens is 1. The second-order valence-electron chi connectivity index (χ2n) is 11.2. The highest BCUT2D eigenvalue weighted by Gasteiger charge is 2.24. The monoisotopic (exact) mass is 598 g/mol. The molecule has 3 heterocycles. The lowest BCUT2D eigenvalue weighted by Gasteiger charge is -2.26. The van der Waals surface area contributed by atoms with Gasteiger partial charge >= 0.3 is 0 Å². The SMILES string of the molecule is CCOC(O)c1[nH]c2c(-c3c(C)nn(CCN4CCOCC4)c3CO)cccc2c1CCCOc1cccc2ccccc12. The molecule has 9 nitrogen and oxygen atoms in total. The molecule has 9 heteroatoms. The van der Waals surface area contributed by atoms with E-state index in [4.69, 9.17) is 19.3 Å². The quantitative estimate of drug-likeness (QED) is 0.124. The number of para-hydroxylation sites is 1. The third-order valence-corrected chi connectivity index (χ3v) is 8.51. The lowest BCUT2D eigenvalue weighted by Crippen LogP contribution is -2.38. The van der Waals surface area contributed by atoms with Crippen LogP contribution < -0.4 is 4.74 Å². The maximum absolute atomic E-state index is 11.0. The van der Waals surface area contributed by atoms with Crippen LogP contribution in [0.2, 0.25) is 0 Å². The Labute approximate surface area is 258 Å². The zero-order valence-corrected chi connectivity index (χ0v) is 25.6. The van der Waals surface area contributed by atoms with Crippen LogP contribution in [0.25, 0.3) is 32.8 Å². The van der Waals surface area contributed by atoms with Crippen LogP contribution in [0.3, 0.4) is 0 Å². The molecular formula is C35H42N4O5. The molecule has 5 aromatic rings. The van der Waals surface area contributed by atoms with Gasteiger partial charge in [0, 0.05) is 48.1 Å². The minimum absolute atomic E-state index is 0.122. The van der Waals surface area contributed by atoms with Gasteiger partial charge in [-0.05, 0) is 43.7 Å². The zero-order valence-electron chi connectivity index (χ0n) is 25.6. The van der Waals surface area contributed by atoms with Crippen molar-refractivity contribution in [3.8, 4) is 16.9 Å². The molecule has 0 aliphatic carbocycles. The Morgan fingerprint density at radius 3 is 2.59 bits per heavy atom. The molecule has 1 aliphatic rings. The molecule has 2 aromatic heterocycles. The van der Waals surface area contributed by atoms with E-state index in [2.05, 4.69) is 40.2 Å². The summed E-state index contributed by atoms with van der Waals surface area (Å²) in [5.74, 6) is 0.872. The van der Waals surface area contributed by atoms with E-state index in [9.17, 15) is 10.2 Å². The van der Waals surface area contributed by atoms with Crippen molar-refractivity contribution in [1.29, 1.82) is 0 Å². The third kappa shape index (κ3) is 6.24. The predicted octanol–water partition coefficient (Wildman–Crippen LogP) is 5.36. The fraction of sp³-hybridized carbons (Fsp3) is 0.400. The molecule has 232 valence electrons. The Morgan fingerprint density at radius 1 is 1.00 bits per heavy atom. The van der Waals surface area contributed by atoms with E-state index in [1.807, 2.05) is 48.9 Å². The lowest BCUT2D eigenvalue weighted by molar-refractivity contribution is -0.101. The molecule has 44 heavy (non-hydrogen) atoms. The van der Waals surface area contributed by atoms with Crippen LogP contribution in [0.5, 0.6) is 5.75 Å². The average molecular weight is 599 g/mol. The smallest absolute Gasteiger partial charge is 0.196 e. The molecular weight excluding hydrogens is 556 g/mol. The number of hydrogen-bond donors (Lipinski definition) is 3. The summed E-state index contributed by atoms with van der Waals surface area (Å²) in [4.78, 5) is 5.88. The number of morpholine rings is 1. The molecule has 1 unspecified atom stereocenters. The maximum Gasteiger partial charge on any atom is 0.196 e. The van der Waals surface area contributed by atoms with E-state index >= 15 is 0 Å². The molecule has 0 spiro atoms. The summed E-state index contributed by atoms with van der Waals surface area (Å²) in [5.41, 5.74) is 6.07. The Balaban J connectivity index is 1.28. The second kappa shape index (κ2) is 13.9. The number of aromatic amines is 1. The number of nitrogens with zero attached hydrogens (tertiary/aromatic N) is 3. The van der Waals surface area contributed by atoms with Gasteiger partial charge in [-0.1, -0.05) is 54.6 Å². The van der Waals surface area contributed by atoms with Crippen molar-refractivity contribution in [3.63, 3.8) is 0 Å². The van der Waals surface area contributed by atoms with Crippen molar-refractivity contribution in [2.75, 3.05) is 46.1 Å². The number of fused-ring (bicyclic) bond motifs is 2. The predicted molar refractivity (Wildman–Crippen MR) is 172 cm³/mol. The third-order valence-electron chi connectivity index (χ3n) is 8.51. The largest absolute Gasteiger partial charge is 0.493 e. The van der Waals surface area contributed by atoms with E-state index in [1.165, 1.54) is 0 Å². The minimum atomic E-state index is -1.08. The van der Waals surface area contributed by atoms with Gasteiger partial charge in [-0.25, -0.2) is 0 Å². The Morgan fingerprint density at radius 2 is 1.77 bits per heavy atom. The standard InChI is InChI=1S/C35H42N4O5/c1-3-43-35(41)34-28(14-8-20-44-31-15-6-10-25-9-4-5-11-26(25)31)27-12-7-13-29(33(27)36-34)32-24(2)37-39(30(32)23-40)17-16-38-18-21-42-22-19-38/h4-7,9-13,15,35-36,40-41H,3,8,14,16-23H2,1-2H3. The topological polar surface area (TPSA) is 105 Å². The van der Waals surface area contributed by atoms with E-state index in [-0.39, 0.29) is 6.61 Å². The number of aliphatic hydroxyl groups excluding tert-OH is 2. The second-order valence-corrected chi connectivity index (χ2v) is 11.2. The van der Waals surface area contributed by atoms with Crippen molar-refractivity contribution in [1.82, 2.24) is 19.7 Å². The van der Waals surface area contributed by atoms with Crippen molar-refractivity contribution >= 4 is 21.7 Å². The van der Waals surface area contributed by atoms with Gasteiger partial charge in [0.05, 0.1) is 55.6 Å². The Hall–Kier alpha value is -3.73. The Bertz CT molecular complexity index is 1700. The first-order chi connectivity index (χ1) is 21.6. The lowest BCUT2D eigenvalue weighted by atomic mass is 9.98. The van der Waals surface area contributed by atoms with E-state index in [1.54, 1.807) is 0 Å². The Kier molecular flexibility index (Phi) is 9.59. The van der Waals surface area contributed by atoms with Gasteiger partial charge in [0.15, 0.2) is 6.29 Å². The van der Waals surface area contributed by atoms with Gasteiger partial charge < -0.3 is 29.4 Å². The highest BCUT2D eigenvalue weighted by molar-refractivity contribution is 5.98. The van der Waals surface area contributed by atoms with Gasteiger partial charge in [-0.2, -0.15) is 5.10 Å². The first kappa shape index (κ1) is 30.3. The molecule has 1 saturated heterocycles. The van der Waals surface area contributed by atoms with Crippen LogP contribution >= 0.6 is 0 Å². The van der Waals surface area contributed by atoms with Gasteiger partial charge in [0.2, 0.25) is 0 Å². The van der Waals surface area contributed by atoms with E-state index < -0.39 is 6.29 Å². The number of aliphatic hydroxyl groups is 2. The van der Waals surface area contributed by atoms with Gasteiger partial charge in [0.1, 0.15) is 5.75 Å². The molecule has 3 aromatic carbocycles. The van der Waals surface area contributed by atoms with Crippen LogP contribution in [0.4, 0.5) is 0 Å². The number of nitrogens with one attached hydrogen (secondary N) is 1.